The first kappa shape index (κ1) is 21.8. The maximum Gasteiger partial charge on any atom is 0.259 e. The number of benzene rings is 1. The lowest BCUT2D eigenvalue weighted by atomic mass is 10.0. The number of ether oxygens (including phenoxy) is 1. The predicted molar refractivity (Wildman–Crippen MR) is 130 cm³/mol. The summed E-state index contributed by atoms with van der Waals surface area (Å²) in [6.45, 7) is 6.01. The van der Waals surface area contributed by atoms with Crippen LogP contribution in [0.25, 0.3) is 5.69 Å². The van der Waals surface area contributed by atoms with Gasteiger partial charge in [0.15, 0.2) is 5.43 Å². The second-order valence-electron chi connectivity index (χ2n) is 8.08. The number of halogens is 1. The lowest BCUT2D eigenvalue weighted by molar-refractivity contribution is 0.0300. The molecule has 1 saturated heterocycles. The Morgan fingerprint density at radius 3 is 2.62 bits per heavy atom. The molecule has 1 amide bonds. The SMILES string of the molecule is Cc1ccc(C2Cc3c(C(=O)N4CCOCC4)c(=O)cc(C)n3-c3ccc(Cl)cc3S2)s1. The number of morpholine rings is 1. The van der Waals surface area contributed by atoms with Crippen LogP contribution in [-0.4, -0.2) is 41.7 Å². The molecule has 2 aliphatic heterocycles. The zero-order valence-electron chi connectivity index (χ0n) is 17.9. The van der Waals surface area contributed by atoms with E-state index in [2.05, 4.69) is 23.6 Å². The van der Waals surface area contributed by atoms with Crippen molar-refractivity contribution in [2.75, 3.05) is 26.3 Å². The number of fused-ring (bicyclic) bond motifs is 3. The van der Waals surface area contributed by atoms with E-state index >= 15 is 0 Å². The number of hydrogen-bond acceptors (Lipinski definition) is 5. The van der Waals surface area contributed by atoms with Crippen LogP contribution in [0.15, 0.2) is 46.1 Å². The van der Waals surface area contributed by atoms with Crippen molar-refractivity contribution in [3.05, 3.63) is 78.3 Å². The number of nitrogens with zero attached hydrogens (tertiary/aromatic N) is 2. The van der Waals surface area contributed by atoms with Gasteiger partial charge in [-0.05, 0) is 44.2 Å². The Morgan fingerprint density at radius 1 is 1.12 bits per heavy atom. The maximum absolute atomic E-state index is 13.6. The van der Waals surface area contributed by atoms with E-state index in [0.29, 0.717) is 37.7 Å². The van der Waals surface area contributed by atoms with E-state index in [1.807, 2.05) is 25.1 Å². The van der Waals surface area contributed by atoms with Gasteiger partial charge in [0.1, 0.15) is 5.56 Å². The van der Waals surface area contributed by atoms with Crippen molar-refractivity contribution in [2.45, 2.75) is 30.4 Å². The van der Waals surface area contributed by atoms with Crippen molar-refractivity contribution < 1.29 is 9.53 Å². The summed E-state index contributed by atoms with van der Waals surface area (Å²) in [5.41, 5.74) is 2.61. The average molecular weight is 487 g/mol. The highest BCUT2D eigenvalue weighted by Gasteiger charge is 2.32. The summed E-state index contributed by atoms with van der Waals surface area (Å²) in [5.74, 6) is -0.203. The smallest absolute Gasteiger partial charge is 0.259 e. The van der Waals surface area contributed by atoms with Gasteiger partial charge in [-0.1, -0.05) is 11.6 Å². The molecule has 166 valence electrons. The fraction of sp³-hybridized carbons (Fsp3) is 0.333. The summed E-state index contributed by atoms with van der Waals surface area (Å²) < 4.78 is 7.49. The molecule has 0 spiro atoms. The van der Waals surface area contributed by atoms with Crippen LogP contribution in [0, 0.1) is 13.8 Å². The molecule has 0 saturated carbocycles. The Labute approximate surface area is 200 Å². The quantitative estimate of drug-likeness (QED) is 0.509. The molecule has 5 rings (SSSR count). The molecule has 2 aromatic heterocycles. The minimum atomic E-state index is -0.214. The fourth-order valence-electron chi connectivity index (χ4n) is 4.40. The van der Waals surface area contributed by atoms with Gasteiger partial charge in [0.2, 0.25) is 0 Å². The van der Waals surface area contributed by atoms with E-state index in [1.165, 1.54) is 9.75 Å². The van der Waals surface area contributed by atoms with Crippen molar-refractivity contribution in [3.63, 3.8) is 0 Å². The number of amides is 1. The highest BCUT2D eigenvalue weighted by molar-refractivity contribution is 7.99. The molecule has 5 nitrogen and oxygen atoms in total. The normalized spacial score (nSPS) is 18.1. The van der Waals surface area contributed by atoms with Gasteiger partial charge in [0.25, 0.3) is 5.91 Å². The van der Waals surface area contributed by atoms with Crippen LogP contribution in [0.3, 0.4) is 0 Å². The number of rotatable bonds is 2. The number of thiophene rings is 1. The third kappa shape index (κ3) is 3.92. The predicted octanol–water partition coefficient (Wildman–Crippen LogP) is 5.03. The van der Waals surface area contributed by atoms with Crippen LogP contribution >= 0.6 is 34.7 Å². The summed E-state index contributed by atoms with van der Waals surface area (Å²) in [7, 11) is 0. The van der Waals surface area contributed by atoms with E-state index in [0.717, 1.165) is 22.0 Å². The van der Waals surface area contributed by atoms with Gasteiger partial charge < -0.3 is 14.2 Å². The van der Waals surface area contributed by atoms with Gasteiger partial charge in [-0.2, -0.15) is 0 Å². The number of carbonyl (C=O) groups excluding carboxylic acids is 1. The van der Waals surface area contributed by atoms with Gasteiger partial charge in [-0.3, -0.25) is 9.59 Å². The van der Waals surface area contributed by atoms with Gasteiger partial charge in [0, 0.05) is 61.9 Å². The van der Waals surface area contributed by atoms with Crippen molar-refractivity contribution in [1.82, 2.24) is 9.47 Å². The monoisotopic (exact) mass is 486 g/mol. The number of aryl methyl sites for hydroxylation is 2. The van der Waals surface area contributed by atoms with Crippen molar-refractivity contribution in [2.24, 2.45) is 0 Å². The van der Waals surface area contributed by atoms with Crippen LogP contribution in [0.2, 0.25) is 5.02 Å². The molecule has 1 atom stereocenters. The first-order valence-electron chi connectivity index (χ1n) is 10.6. The van der Waals surface area contributed by atoms with E-state index in [4.69, 9.17) is 16.3 Å². The Kier molecular flexibility index (Phi) is 5.92. The molecule has 1 aromatic carbocycles. The summed E-state index contributed by atoms with van der Waals surface area (Å²) in [6.07, 6.45) is 0.583. The number of pyridine rings is 1. The van der Waals surface area contributed by atoms with Crippen LogP contribution in [0.1, 0.15) is 36.8 Å². The number of thioether (sulfide) groups is 1. The fourth-order valence-corrected chi connectivity index (χ4v) is 7.00. The summed E-state index contributed by atoms with van der Waals surface area (Å²) in [5, 5.41) is 0.751. The average Bonchev–Trinajstić information content (AvgIpc) is 3.13. The zero-order chi connectivity index (χ0) is 22.4. The van der Waals surface area contributed by atoms with Crippen molar-refractivity contribution >= 4 is 40.6 Å². The highest BCUT2D eigenvalue weighted by atomic mass is 35.5. The van der Waals surface area contributed by atoms with Gasteiger partial charge in [-0.25, -0.2) is 0 Å². The largest absolute Gasteiger partial charge is 0.378 e. The van der Waals surface area contributed by atoms with E-state index < -0.39 is 0 Å². The first-order valence-corrected chi connectivity index (χ1v) is 12.7. The highest BCUT2D eigenvalue weighted by Crippen LogP contribution is 2.46. The molecule has 0 bridgehead atoms. The molecular formula is C24H23ClN2O3S2. The second kappa shape index (κ2) is 8.71. The van der Waals surface area contributed by atoms with Gasteiger partial charge in [-0.15, -0.1) is 23.1 Å². The Morgan fingerprint density at radius 2 is 1.91 bits per heavy atom. The molecule has 0 radical (unpaired) electrons. The van der Waals surface area contributed by atoms with Gasteiger partial charge >= 0.3 is 0 Å². The van der Waals surface area contributed by atoms with Crippen LogP contribution < -0.4 is 5.43 Å². The van der Waals surface area contributed by atoms with E-state index in [1.54, 1.807) is 34.1 Å². The van der Waals surface area contributed by atoms with Crippen LogP contribution in [0.4, 0.5) is 0 Å². The molecule has 1 unspecified atom stereocenters. The molecule has 2 aliphatic rings. The maximum atomic E-state index is 13.6. The molecular weight excluding hydrogens is 464 g/mol. The van der Waals surface area contributed by atoms with Crippen molar-refractivity contribution in [3.8, 4) is 5.69 Å². The van der Waals surface area contributed by atoms with Crippen LogP contribution in [0.5, 0.6) is 0 Å². The summed E-state index contributed by atoms with van der Waals surface area (Å²) >= 11 is 9.86. The Bertz CT molecular complexity index is 1260. The zero-order valence-corrected chi connectivity index (χ0v) is 20.3. The topological polar surface area (TPSA) is 51.5 Å². The molecule has 4 heterocycles. The lowest BCUT2D eigenvalue weighted by Crippen LogP contribution is -2.43. The van der Waals surface area contributed by atoms with Gasteiger partial charge in [0.05, 0.1) is 18.9 Å². The number of aromatic nitrogens is 1. The number of carbonyl (C=O) groups is 1. The number of hydrogen-bond donors (Lipinski definition) is 0. The Balaban J connectivity index is 1.73. The molecule has 1 fully saturated rings. The molecule has 8 heteroatoms. The first-order chi connectivity index (χ1) is 15.4. The molecule has 0 N–H and O–H groups in total. The minimum Gasteiger partial charge on any atom is -0.378 e. The minimum absolute atomic E-state index is 0.0807. The van der Waals surface area contributed by atoms with E-state index in [-0.39, 0.29) is 22.1 Å². The standard InChI is InChI=1S/C24H23ClN2O3S2/c1-14-11-19(28)23(24(29)26-7-9-30-10-8-26)18-13-22(20-6-3-15(2)31-20)32-21-12-16(25)4-5-17(21)27(14)18/h3-6,11-12,22H,7-10,13H2,1-2H3. The molecule has 32 heavy (non-hydrogen) atoms. The van der Waals surface area contributed by atoms with Crippen LogP contribution in [-0.2, 0) is 11.2 Å². The third-order valence-electron chi connectivity index (χ3n) is 5.90. The summed E-state index contributed by atoms with van der Waals surface area (Å²) in [6, 6.07) is 11.7. The Hall–Kier alpha value is -2.06. The second-order valence-corrected chi connectivity index (χ2v) is 11.1. The van der Waals surface area contributed by atoms with Crippen molar-refractivity contribution in [1.29, 1.82) is 0 Å². The molecule has 3 aromatic rings. The molecule has 0 aliphatic carbocycles. The van der Waals surface area contributed by atoms with E-state index in [9.17, 15) is 9.59 Å². The lowest BCUT2D eigenvalue weighted by Gasteiger charge is -2.28. The summed E-state index contributed by atoms with van der Waals surface area (Å²) in [4.78, 5) is 32.0. The third-order valence-corrected chi connectivity index (χ3v) is 8.68.